The minimum Gasteiger partial charge on any atom is -0.361 e. The van der Waals surface area contributed by atoms with Crippen LogP contribution in [0.2, 0.25) is 0 Å². The van der Waals surface area contributed by atoms with Gasteiger partial charge in [-0.2, -0.15) is 0 Å². The normalized spacial score (nSPS) is 19.6. The summed E-state index contributed by atoms with van der Waals surface area (Å²) in [7, 11) is 3.81. The molecule has 1 N–H and O–H groups in total. The average molecular weight is 578 g/mol. The van der Waals surface area contributed by atoms with Crippen LogP contribution in [-0.4, -0.2) is 94.9 Å². The number of aryl methyl sites for hydroxylation is 1. The Morgan fingerprint density at radius 1 is 0.860 bits per heavy atom. The summed E-state index contributed by atoms with van der Waals surface area (Å²) in [6.07, 6.45) is 4.89. The van der Waals surface area contributed by atoms with E-state index >= 15 is 0 Å². The van der Waals surface area contributed by atoms with Gasteiger partial charge in [-0.1, -0.05) is 60.2 Å². The van der Waals surface area contributed by atoms with E-state index in [9.17, 15) is 9.59 Å². The summed E-state index contributed by atoms with van der Waals surface area (Å²) in [5.41, 5.74) is 6.66. The Hall–Kier alpha value is -4.10. The molecule has 3 amide bonds. The first-order valence-electron chi connectivity index (χ1n) is 15.5. The molecule has 2 fully saturated rings. The van der Waals surface area contributed by atoms with Crippen LogP contribution < -0.4 is 0 Å². The van der Waals surface area contributed by atoms with Crippen molar-refractivity contribution in [2.75, 3.05) is 40.3 Å². The molecule has 3 heterocycles. The largest absolute Gasteiger partial charge is 0.361 e. The van der Waals surface area contributed by atoms with Crippen molar-refractivity contribution in [1.29, 1.82) is 0 Å². The maximum absolute atomic E-state index is 13.5. The van der Waals surface area contributed by atoms with Gasteiger partial charge in [0.15, 0.2) is 0 Å². The quantitative estimate of drug-likeness (QED) is 0.291. The van der Waals surface area contributed by atoms with Gasteiger partial charge in [0.2, 0.25) is 0 Å². The lowest BCUT2D eigenvalue weighted by atomic mass is 10.0. The molecule has 0 radical (unpaired) electrons. The van der Waals surface area contributed by atoms with E-state index in [1.165, 1.54) is 22.0 Å². The molecule has 7 nitrogen and oxygen atoms in total. The zero-order valence-electron chi connectivity index (χ0n) is 25.8. The molecule has 2 aliphatic rings. The van der Waals surface area contributed by atoms with Crippen LogP contribution >= 0.6 is 0 Å². The topological polar surface area (TPSA) is 62.9 Å². The SMILES string of the molecule is Cc1ccc(-c2ccc(C(=O)N(C)C3CCN(C(=O)N(C)C4CCN(C(C)Cc5c[nH]c6ccccc56)C4)C3)cc2)cc1. The van der Waals surface area contributed by atoms with E-state index in [1.807, 2.05) is 53.1 Å². The number of nitrogens with zero attached hydrogens (tertiary/aromatic N) is 4. The van der Waals surface area contributed by atoms with E-state index in [0.717, 1.165) is 43.5 Å². The Bertz CT molecular complexity index is 1580. The Labute approximate surface area is 255 Å². The van der Waals surface area contributed by atoms with Gasteiger partial charge >= 0.3 is 6.03 Å². The number of para-hydroxylation sites is 1. The Kier molecular flexibility index (Phi) is 8.26. The fourth-order valence-corrected chi connectivity index (χ4v) is 6.76. The molecule has 43 heavy (non-hydrogen) atoms. The summed E-state index contributed by atoms with van der Waals surface area (Å²) in [5.74, 6) is -0.00117. The van der Waals surface area contributed by atoms with Gasteiger partial charge in [-0.05, 0) is 68.0 Å². The first-order chi connectivity index (χ1) is 20.8. The number of aromatic amines is 1. The number of urea groups is 1. The molecule has 0 bridgehead atoms. The van der Waals surface area contributed by atoms with Gasteiger partial charge in [-0.15, -0.1) is 0 Å². The highest BCUT2D eigenvalue weighted by Crippen LogP contribution is 2.26. The first-order valence-corrected chi connectivity index (χ1v) is 15.5. The van der Waals surface area contributed by atoms with E-state index < -0.39 is 0 Å². The minimum atomic E-state index is -0.00117. The van der Waals surface area contributed by atoms with Gasteiger partial charge in [0, 0.05) is 75.0 Å². The number of rotatable bonds is 7. The second-order valence-electron chi connectivity index (χ2n) is 12.5. The lowest BCUT2D eigenvalue weighted by Gasteiger charge is -2.31. The molecule has 3 unspecified atom stereocenters. The lowest BCUT2D eigenvalue weighted by molar-refractivity contribution is 0.0734. The third-order valence-electron chi connectivity index (χ3n) is 9.68. The van der Waals surface area contributed by atoms with Crippen LogP contribution in [0.5, 0.6) is 0 Å². The summed E-state index contributed by atoms with van der Waals surface area (Å²) in [6.45, 7) is 7.49. The fraction of sp³-hybridized carbons (Fsp3) is 0.389. The number of amides is 3. The number of H-pyrrole nitrogens is 1. The van der Waals surface area contributed by atoms with Crippen LogP contribution in [-0.2, 0) is 6.42 Å². The highest BCUT2D eigenvalue weighted by atomic mass is 16.2. The van der Waals surface area contributed by atoms with Gasteiger partial charge < -0.3 is 19.7 Å². The highest BCUT2D eigenvalue weighted by molar-refractivity contribution is 5.95. The van der Waals surface area contributed by atoms with Gasteiger partial charge in [0.05, 0.1) is 6.04 Å². The predicted octanol–water partition coefficient (Wildman–Crippen LogP) is 6.05. The molecule has 0 aliphatic carbocycles. The molecule has 0 saturated carbocycles. The molecular formula is C36H43N5O2. The lowest BCUT2D eigenvalue weighted by Crippen LogP contribution is -2.48. The van der Waals surface area contributed by atoms with Crippen molar-refractivity contribution < 1.29 is 9.59 Å². The van der Waals surface area contributed by atoms with Crippen LogP contribution in [0.1, 0.15) is 41.3 Å². The van der Waals surface area contributed by atoms with Crippen molar-refractivity contribution in [1.82, 2.24) is 24.6 Å². The number of aromatic nitrogens is 1. The minimum absolute atomic E-state index is 0.00117. The molecular weight excluding hydrogens is 534 g/mol. The van der Waals surface area contributed by atoms with Crippen molar-refractivity contribution in [3.05, 3.63) is 95.7 Å². The van der Waals surface area contributed by atoms with Crippen molar-refractivity contribution >= 4 is 22.8 Å². The van der Waals surface area contributed by atoms with E-state index in [2.05, 4.69) is 78.5 Å². The molecule has 7 heteroatoms. The Balaban J connectivity index is 1.01. The Morgan fingerprint density at radius 3 is 2.26 bits per heavy atom. The van der Waals surface area contributed by atoms with Crippen molar-refractivity contribution in [2.45, 2.75) is 51.2 Å². The van der Waals surface area contributed by atoms with Gasteiger partial charge in [-0.3, -0.25) is 9.69 Å². The van der Waals surface area contributed by atoms with Crippen LogP contribution in [0.15, 0.2) is 79.0 Å². The molecule has 6 rings (SSSR count). The summed E-state index contributed by atoms with van der Waals surface area (Å²) >= 11 is 0. The summed E-state index contributed by atoms with van der Waals surface area (Å²) in [5, 5.41) is 1.30. The zero-order valence-corrected chi connectivity index (χ0v) is 25.8. The summed E-state index contributed by atoms with van der Waals surface area (Å²) in [6, 6.07) is 25.4. The standard InChI is InChI=1S/C36H43N5O2/c1-25-9-11-27(12-10-25)28-13-15-29(16-14-28)35(42)38(3)31-18-20-41(24-31)36(43)39(4)32-17-19-40(23-32)26(2)21-30-22-37-34-8-6-5-7-33(30)34/h5-16,22,26,31-32,37H,17-21,23-24H2,1-4H3. The van der Waals surface area contributed by atoms with Crippen LogP contribution in [0.3, 0.4) is 0 Å². The Morgan fingerprint density at radius 2 is 1.51 bits per heavy atom. The third kappa shape index (κ3) is 6.04. The van der Waals surface area contributed by atoms with Crippen LogP contribution in [0.25, 0.3) is 22.0 Å². The molecule has 3 atom stereocenters. The number of fused-ring (bicyclic) bond motifs is 1. The zero-order chi connectivity index (χ0) is 30.1. The molecule has 2 aliphatic heterocycles. The van der Waals surface area contributed by atoms with E-state index in [-0.39, 0.29) is 24.0 Å². The van der Waals surface area contributed by atoms with Gasteiger partial charge in [-0.25, -0.2) is 4.79 Å². The average Bonchev–Trinajstić information content (AvgIpc) is 3.81. The fourth-order valence-electron chi connectivity index (χ4n) is 6.76. The number of nitrogens with one attached hydrogen (secondary N) is 1. The number of hydrogen-bond donors (Lipinski definition) is 1. The second kappa shape index (κ2) is 12.3. The number of carbonyl (C=O) groups is 2. The monoisotopic (exact) mass is 577 g/mol. The maximum Gasteiger partial charge on any atom is 0.320 e. The number of hydrogen-bond acceptors (Lipinski definition) is 3. The molecule has 224 valence electrons. The second-order valence-corrected chi connectivity index (χ2v) is 12.5. The van der Waals surface area contributed by atoms with E-state index in [1.54, 1.807) is 0 Å². The van der Waals surface area contributed by atoms with E-state index in [0.29, 0.717) is 24.7 Å². The van der Waals surface area contributed by atoms with Gasteiger partial charge in [0.1, 0.15) is 0 Å². The summed E-state index contributed by atoms with van der Waals surface area (Å²) < 4.78 is 0. The van der Waals surface area contributed by atoms with E-state index in [4.69, 9.17) is 0 Å². The van der Waals surface area contributed by atoms with Crippen molar-refractivity contribution in [3.8, 4) is 11.1 Å². The molecule has 0 spiro atoms. The maximum atomic E-state index is 13.5. The number of benzene rings is 3. The molecule has 1 aromatic heterocycles. The van der Waals surface area contributed by atoms with Gasteiger partial charge in [0.25, 0.3) is 5.91 Å². The van der Waals surface area contributed by atoms with Crippen molar-refractivity contribution in [3.63, 3.8) is 0 Å². The smallest absolute Gasteiger partial charge is 0.320 e. The van der Waals surface area contributed by atoms with Crippen molar-refractivity contribution in [2.24, 2.45) is 0 Å². The third-order valence-corrected chi connectivity index (χ3v) is 9.68. The van der Waals surface area contributed by atoms with Crippen LogP contribution in [0, 0.1) is 6.92 Å². The molecule has 4 aromatic rings. The van der Waals surface area contributed by atoms with Crippen LogP contribution in [0.4, 0.5) is 4.79 Å². The highest BCUT2D eigenvalue weighted by Gasteiger charge is 2.36. The number of likely N-dealkylation sites (tertiary alicyclic amines) is 2. The predicted molar refractivity (Wildman–Crippen MR) is 173 cm³/mol. The number of carbonyl (C=O) groups excluding carboxylic acids is 2. The molecule has 2 saturated heterocycles. The first kappa shape index (κ1) is 29.0. The number of likely N-dealkylation sites (N-methyl/N-ethyl adjacent to an activating group) is 2. The summed E-state index contributed by atoms with van der Waals surface area (Å²) in [4.78, 5) is 38.5. The molecule has 3 aromatic carbocycles.